The number of benzene rings is 1. The summed E-state index contributed by atoms with van der Waals surface area (Å²) in [6.07, 6.45) is -1.13. The Morgan fingerprint density at radius 3 is 2.69 bits per heavy atom. The van der Waals surface area contributed by atoms with Crippen molar-refractivity contribution in [1.29, 1.82) is 0 Å². The minimum Gasteiger partial charge on any atom is -0.325 e. The molecule has 2 amide bonds. The van der Waals surface area contributed by atoms with Gasteiger partial charge in [0.25, 0.3) is 0 Å². The van der Waals surface area contributed by atoms with Crippen LogP contribution in [0.15, 0.2) is 40.1 Å². The van der Waals surface area contributed by atoms with Crippen LogP contribution in [0.1, 0.15) is 45.6 Å². The number of thioether (sulfide) groups is 1. The molecule has 0 spiro atoms. The molecule has 1 atom stereocenters. The highest BCUT2D eigenvalue weighted by atomic mass is 35.5. The maximum absolute atomic E-state index is 12.9. The van der Waals surface area contributed by atoms with Gasteiger partial charge in [0.15, 0.2) is 5.17 Å². The Kier molecular flexibility index (Phi) is 7.04. The van der Waals surface area contributed by atoms with Gasteiger partial charge in [-0.3, -0.25) is 9.59 Å². The first-order chi connectivity index (χ1) is 14.8. The van der Waals surface area contributed by atoms with E-state index in [-0.39, 0.29) is 27.7 Å². The van der Waals surface area contributed by atoms with Crippen molar-refractivity contribution in [3.05, 3.63) is 40.4 Å². The van der Waals surface area contributed by atoms with Crippen LogP contribution < -0.4 is 10.6 Å². The van der Waals surface area contributed by atoms with Crippen LogP contribution in [-0.4, -0.2) is 27.9 Å². The molecule has 1 unspecified atom stereocenters. The highest BCUT2D eigenvalue weighted by molar-refractivity contribution is 8.15. The summed E-state index contributed by atoms with van der Waals surface area (Å²) in [5.74, 6) is -1.06. The molecule has 32 heavy (non-hydrogen) atoms. The minimum absolute atomic E-state index is 0.0355. The van der Waals surface area contributed by atoms with E-state index in [1.807, 2.05) is 13.0 Å². The molecule has 11 heteroatoms. The van der Waals surface area contributed by atoms with Gasteiger partial charge in [-0.15, -0.1) is 5.10 Å². The van der Waals surface area contributed by atoms with E-state index >= 15 is 0 Å². The molecule has 1 aromatic carbocycles. The first kappa shape index (κ1) is 24.3. The number of hydrogen-bond donors (Lipinski definition) is 2. The van der Waals surface area contributed by atoms with Crippen LogP contribution in [0.5, 0.6) is 0 Å². The molecule has 6 nitrogen and oxygen atoms in total. The SMILES string of the molecule is CC1=C/C(=N/N=C2/NC(=O)C(CC(=O)Nc3cc(C(F)(F)F)ccc3Cl)S2)CC(C)(C)C1. The summed E-state index contributed by atoms with van der Waals surface area (Å²) in [5.41, 5.74) is 0.980. The van der Waals surface area contributed by atoms with Crippen LogP contribution in [0.3, 0.4) is 0 Å². The number of halogens is 4. The number of alkyl halides is 3. The van der Waals surface area contributed by atoms with Gasteiger partial charge in [0.05, 0.1) is 22.0 Å². The molecule has 2 N–H and O–H groups in total. The van der Waals surface area contributed by atoms with E-state index in [1.165, 1.54) is 5.57 Å². The zero-order chi connectivity index (χ0) is 23.7. The standard InChI is InChI=1S/C21H22ClF3N4O2S/c1-11-6-13(10-20(2,3)9-11)28-29-19-27-18(31)16(32-19)8-17(30)26-15-7-12(21(23,24)25)4-5-14(15)22/h4-7,16H,8-10H2,1-3H3,(H,26,30)(H,27,29,31)/b28-13-. The predicted molar refractivity (Wildman–Crippen MR) is 121 cm³/mol. The number of nitrogens with zero attached hydrogens (tertiary/aromatic N) is 2. The molecule has 1 heterocycles. The second-order valence-electron chi connectivity index (χ2n) is 8.55. The molecule has 2 aliphatic rings. The van der Waals surface area contributed by atoms with Gasteiger partial charge in [0.1, 0.15) is 5.25 Å². The Bertz CT molecular complexity index is 1030. The van der Waals surface area contributed by atoms with Crippen molar-refractivity contribution in [1.82, 2.24) is 5.32 Å². The zero-order valence-electron chi connectivity index (χ0n) is 17.6. The summed E-state index contributed by atoms with van der Waals surface area (Å²) in [6, 6.07) is 2.64. The molecular formula is C21H22ClF3N4O2S. The Balaban J connectivity index is 1.64. The summed E-state index contributed by atoms with van der Waals surface area (Å²) >= 11 is 6.95. The van der Waals surface area contributed by atoms with Crippen LogP contribution in [0.25, 0.3) is 0 Å². The fourth-order valence-corrected chi connectivity index (χ4v) is 4.70. The molecule has 1 fully saturated rings. The lowest BCUT2D eigenvalue weighted by Gasteiger charge is -2.28. The van der Waals surface area contributed by atoms with E-state index < -0.39 is 28.8 Å². The summed E-state index contributed by atoms with van der Waals surface area (Å²) in [7, 11) is 0. The van der Waals surface area contributed by atoms with Gasteiger partial charge in [-0.25, -0.2) is 0 Å². The number of amides is 2. The number of carbonyl (C=O) groups is 2. The zero-order valence-corrected chi connectivity index (χ0v) is 19.2. The van der Waals surface area contributed by atoms with E-state index in [2.05, 4.69) is 34.7 Å². The lowest BCUT2D eigenvalue weighted by atomic mass is 9.77. The van der Waals surface area contributed by atoms with Gasteiger partial charge in [-0.2, -0.15) is 18.3 Å². The molecule has 1 aliphatic heterocycles. The van der Waals surface area contributed by atoms with Crippen molar-refractivity contribution in [3.63, 3.8) is 0 Å². The highest BCUT2D eigenvalue weighted by Gasteiger charge is 2.34. The van der Waals surface area contributed by atoms with Crippen molar-refractivity contribution < 1.29 is 22.8 Å². The molecule has 1 aliphatic carbocycles. The molecule has 1 saturated heterocycles. The van der Waals surface area contributed by atoms with Crippen LogP contribution in [-0.2, 0) is 15.8 Å². The third-order valence-corrected chi connectivity index (χ3v) is 6.22. The van der Waals surface area contributed by atoms with Crippen LogP contribution in [0.4, 0.5) is 18.9 Å². The van der Waals surface area contributed by atoms with Gasteiger partial charge in [-0.1, -0.05) is 42.8 Å². The monoisotopic (exact) mass is 486 g/mol. The molecule has 172 valence electrons. The van der Waals surface area contributed by atoms with Crippen molar-refractivity contribution in [2.24, 2.45) is 15.6 Å². The second-order valence-corrected chi connectivity index (χ2v) is 10.1. The Morgan fingerprint density at radius 2 is 2.03 bits per heavy atom. The maximum Gasteiger partial charge on any atom is 0.416 e. The number of anilines is 1. The fourth-order valence-electron chi connectivity index (χ4n) is 3.62. The van der Waals surface area contributed by atoms with Crippen molar-refractivity contribution in [3.8, 4) is 0 Å². The summed E-state index contributed by atoms with van der Waals surface area (Å²) < 4.78 is 38.7. The van der Waals surface area contributed by atoms with E-state index in [1.54, 1.807) is 0 Å². The van der Waals surface area contributed by atoms with Gasteiger partial charge in [0.2, 0.25) is 11.8 Å². The normalized spacial score (nSPS) is 23.3. The molecule has 0 saturated carbocycles. The third-order valence-electron chi connectivity index (χ3n) is 4.81. The Labute approximate surface area is 192 Å². The van der Waals surface area contributed by atoms with Crippen LogP contribution in [0, 0.1) is 5.41 Å². The highest BCUT2D eigenvalue weighted by Crippen LogP contribution is 2.35. The van der Waals surface area contributed by atoms with E-state index in [0.29, 0.717) is 0 Å². The predicted octanol–water partition coefficient (Wildman–Crippen LogP) is 5.40. The lowest BCUT2D eigenvalue weighted by molar-refractivity contribution is -0.137. The average molecular weight is 487 g/mol. The topological polar surface area (TPSA) is 82.9 Å². The minimum atomic E-state index is -4.57. The smallest absolute Gasteiger partial charge is 0.325 e. The van der Waals surface area contributed by atoms with E-state index in [4.69, 9.17) is 11.6 Å². The molecule has 1 aromatic rings. The number of rotatable bonds is 4. The number of hydrogen-bond acceptors (Lipinski definition) is 5. The van der Waals surface area contributed by atoms with E-state index in [0.717, 1.165) is 48.5 Å². The lowest BCUT2D eigenvalue weighted by Crippen LogP contribution is -2.28. The molecule has 0 radical (unpaired) electrons. The summed E-state index contributed by atoms with van der Waals surface area (Å²) in [5, 5.41) is 12.7. The molecule has 3 rings (SSSR count). The van der Waals surface area contributed by atoms with E-state index in [9.17, 15) is 22.8 Å². The van der Waals surface area contributed by atoms with Gasteiger partial charge < -0.3 is 10.6 Å². The number of allylic oxidation sites excluding steroid dienone is 2. The molecule has 0 aromatic heterocycles. The second kappa shape index (κ2) is 9.27. The Morgan fingerprint density at radius 1 is 1.31 bits per heavy atom. The number of amidine groups is 1. The number of carbonyl (C=O) groups excluding carboxylic acids is 2. The van der Waals surface area contributed by atoms with Gasteiger partial charge >= 0.3 is 6.18 Å². The Hall–Kier alpha value is -2.33. The van der Waals surface area contributed by atoms with Crippen LogP contribution in [0.2, 0.25) is 5.02 Å². The first-order valence-electron chi connectivity index (χ1n) is 9.78. The summed E-state index contributed by atoms with van der Waals surface area (Å²) in [6.45, 7) is 6.31. The largest absolute Gasteiger partial charge is 0.416 e. The van der Waals surface area contributed by atoms with Gasteiger partial charge in [-0.05, 0) is 49.5 Å². The number of nitrogens with one attached hydrogen (secondary N) is 2. The molecular weight excluding hydrogens is 465 g/mol. The van der Waals surface area contributed by atoms with Crippen LogP contribution >= 0.6 is 23.4 Å². The van der Waals surface area contributed by atoms with Gasteiger partial charge in [0, 0.05) is 6.42 Å². The fraction of sp³-hybridized carbons (Fsp3) is 0.429. The average Bonchev–Trinajstić information content (AvgIpc) is 2.98. The summed E-state index contributed by atoms with van der Waals surface area (Å²) in [4.78, 5) is 24.5. The molecule has 0 bridgehead atoms. The maximum atomic E-state index is 12.9. The first-order valence-corrected chi connectivity index (χ1v) is 11.0. The van der Waals surface area contributed by atoms with Crippen molar-refractivity contribution >= 4 is 51.7 Å². The quantitative estimate of drug-likeness (QED) is 0.559. The van der Waals surface area contributed by atoms with Crippen molar-refractivity contribution in [2.75, 3.05) is 5.32 Å². The van der Waals surface area contributed by atoms with Crippen molar-refractivity contribution in [2.45, 2.75) is 51.5 Å². The third kappa shape index (κ3) is 6.35.